The molecule has 1 aliphatic rings. The number of hydrogen-bond acceptors (Lipinski definition) is 4. The zero-order chi connectivity index (χ0) is 45.0. The molecule has 4 heteroatoms. The maximum absolute atomic E-state index is 5.26. The van der Waals surface area contributed by atoms with E-state index in [0.717, 1.165) is 38.9 Å². The van der Waals surface area contributed by atoms with Crippen molar-refractivity contribution in [2.75, 3.05) is 0 Å². The lowest BCUT2D eigenvalue weighted by Crippen LogP contribution is -2.28. The van der Waals surface area contributed by atoms with Gasteiger partial charge in [0.05, 0.1) is 5.41 Å². The third-order valence-corrected chi connectivity index (χ3v) is 14.8. The van der Waals surface area contributed by atoms with Crippen LogP contribution >= 0.6 is 11.3 Å². The predicted octanol–water partition coefficient (Wildman–Crippen LogP) is 16.6. The van der Waals surface area contributed by atoms with Crippen molar-refractivity contribution in [3.05, 3.63) is 271 Å². The molecule has 12 aromatic rings. The summed E-state index contributed by atoms with van der Waals surface area (Å²) in [4.78, 5) is 15.7. The Morgan fingerprint density at radius 2 is 0.662 bits per heavy atom. The standard InChI is InChI=1S/C64H41N3S/c1-4-16-42(17-5-1)44-28-32-46(33-29-44)61-65-62(47-34-30-45(31-35-47)43-18-6-2-7-19-43)67-63(66-61)54-25-11-10-22-51(54)48-36-38-59-55(40-48)56-41-50(37-39-60(56)68-59)64(49-20-8-3-9-21-49)57-26-14-12-23-52(57)53-24-13-15-27-58(53)64/h1-41H. The van der Waals surface area contributed by atoms with Crippen LogP contribution in [-0.2, 0) is 5.41 Å². The first-order valence-electron chi connectivity index (χ1n) is 23.1. The van der Waals surface area contributed by atoms with E-state index in [4.69, 9.17) is 15.0 Å². The lowest BCUT2D eigenvalue weighted by atomic mass is 9.67. The van der Waals surface area contributed by atoms with E-state index in [1.807, 2.05) is 23.5 Å². The second-order valence-electron chi connectivity index (χ2n) is 17.5. The third-order valence-electron chi connectivity index (χ3n) is 13.7. The van der Waals surface area contributed by atoms with Crippen LogP contribution in [0.15, 0.2) is 249 Å². The van der Waals surface area contributed by atoms with E-state index in [-0.39, 0.29) is 0 Å². The SMILES string of the molecule is c1ccc(-c2ccc(-c3nc(-c4ccc(-c5ccccc5)cc4)nc(-c4ccccc4-c4ccc5sc6ccc(C7(c8ccccc8)c8ccccc8-c8ccccc87)cc6c5c4)n3)cc2)cc1. The van der Waals surface area contributed by atoms with Crippen molar-refractivity contribution in [1.82, 2.24) is 15.0 Å². The molecule has 0 atom stereocenters. The highest BCUT2D eigenvalue weighted by Gasteiger charge is 2.46. The first-order chi connectivity index (χ1) is 33.7. The molecule has 3 nitrogen and oxygen atoms in total. The molecule has 0 bridgehead atoms. The fraction of sp³-hybridized carbons (Fsp3) is 0.0156. The highest BCUT2D eigenvalue weighted by Crippen LogP contribution is 2.56. The third kappa shape index (κ3) is 6.60. The largest absolute Gasteiger partial charge is 0.208 e. The second-order valence-corrected chi connectivity index (χ2v) is 18.6. The van der Waals surface area contributed by atoms with Crippen LogP contribution in [0.4, 0.5) is 0 Å². The summed E-state index contributed by atoms with van der Waals surface area (Å²) in [6.07, 6.45) is 0. The molecule has 13 rings (SSSR count). The van der Waals surface area contributed by atoms with Gasteiger partial charge in [0, 0.05) is 36.9 Å². The van der Waals surface area contributed by atoms with Crippen LogP contribution in [0.3, 0.4) is 0 Å². The number of nitrogens with zero attached hydrogens (tertiary/aromatic N) is 3. The topological polar surface area (TPSA) is 38.7 Å². The maximum atomic E-state index is 5.26. The summed E-state index contributed by atoms with van der Waals surface area (Å²) < 4.78 is 2.52. The Morgan fingerprint density at radius 3 is 1.22 bits per heavy atom. The van der Waals surface area contributed by atoms with E-state index >= 15 is 0 Å². The highest BCUT2D eigenvalue weighted by molar-refractivity contribution is 7.25. The summed E-state index contributed by atoms with van der Waals surface area (Å²) in [6, 6.07) is 89.5. The minimum Gasteiger partial charge on any atom is -0.208 e. The molecule has 0 saturated carbocycles. The summed E-state index contributed by atoms with van der Waals surface area (Å²) in [6.45, 7) is 0. The summed E-state index contributed by atoms with van der Waals surface area (Å²) in [5.41, 5.74) is 16.8. The molecular formula is C64H41N3S. The molecule has 0 radical (unpaired) electrons. The van der Waals surface area contributed by atoms with Gasteiger partial charge < -0.3 is 0 Å². The van der Waals surface area contributed by atoms with Crippen molar-refractivity contribution < 1.29 is 0 Å². The van der Waals surface area contributed by atoms with Gasteiger partial charge in [0.15, 0.2) is 17.5 Å². The Bertz CT molecular complexity index is 3680. The van der Waals surface area contributed by atoms with E-state index in [2.05, 4.69) is 237 Å². The van der Waals surface area contributed by atoms with Crippen molar-refractivity contribution in [3.8, 4) is 78.7 Å². The van der Waals surface area contributed by atoms with Gasteiger partial charge in [0.25, 0.3) is 0 Å². The van der Waals surface area contributed by atoms with Gasteiger partial charge in [0.2, 0.25) is 0 Å². The fourth-order valence-electron chi connectivity index (χ4n) is 10.5. The minimum absolute atomic E-state index is 0.473. The molecule has 318 valence electrons. The van der Waals surface area contributed by atoms with Crippen molar-refractivity contribution in [1.29, 1.82) is 0 Å². The van der Waals surface area contributed by atoms with Gasteiger partial charge in [-0.3, -0.25) is 0 Å². The molecule has 2 heterocycles. The van der Waals surface area contributed by atoms with Gasteiger partial charge in [-0.25, -0.2) is 15.0 Å². The Labute approximate surface area is 399 Å². The van der Waals surface area contributed by atoms with Crippen LogP contribution < -0.4 is 0 Å². The number of rotatable bonds is 8. The lowest BCUT2D eigenvalue weighted by molar-refractivity contribution is 0.770. The Kier molecular flexibility index (Phi) is 9.59. The molecule has 0 unspecified atom stereocenters. The second kappa shape index (κ2) is 16.4. The van der Waals surface area contributed by atoms with Gasteiger partial charge in [-0.05, 0) is 91.0 Å². The monoisotopic (exact) mass is 883 g/mol. The molecule has 1 aliphatic carbocycles. The van der Waals surface area contributed by atoms with Crippen LogP contribution in [0.1, 0.15) is 22.3 Å². The summed E-state index contributed by atoms with van der Waals surface area (Å²) >= 11 is 1.85. The van der Waals surface area contributed by atoms with Crippen molar-refractivity contribution in [2.45, 2.75) is 5.41 Å². The molecular weight excluding hydrogens is 843 g/mol. The summed E-state index contributed by atoms with van der Waals surface area (Å²) in [5, 5.41) is 2.48. The number of aromatic nitrogens is 3. The average Bonchev–Trinajstić information content (AvgIpc) is 3.94. The van der Waals surface area contributed by atoms with E-state index in [1.54, 1.807) is 0 Å². The molecule has 2 aromatic heterocycles. The minimum atomic E-state index is -0.473. The van der Waals surface area contributed by atoms with Crippen LogP contribution in [-0.4, -0.2) is 15.0 Å². The number of fused-ring (bicyclic) bond motifs is 6. The van der Waals surface area contributed by atoms with Gasteiger partial charge in [-0.15, -0.1) is 11.3 Å². The number of thiophene rings is 1. The molecule has 0 fully saturated rings. The van der Waals surface area contributed by atoms with Gasteiger partial charge >= 0.3 is 0 Å². The zero-order valence-electron chi connectivity index (χ0n) is 36.9. The number of hydrogen-bond donors (Lipinski definition) is 0. The maximum Gasteiger partial charge on any atom is 0.164 e. The normalized spacial score (nSPS) is 12.5. The molecule has 0 saturated heterocycles. The Hall–Kier alpha value is -8.57. The quantitative estimate of drug-likeness (QED) is 0.153. The van der Waals surface area contributed by atoms with Gasteiger partial charge in [-0.1, -0.05) is 224 Å². The molecule has 0 amide bonds. The van der Waals surface area contributed by atoms with Crippen molar-refractivity contribution in [2.24, 2.45) is 0 Å². The molecule has 0 spiro atoms. The molecule has 0 aliphatic heterocycles. The van der Waals surface area contributed by atoms with E-state index in [9.17, 15) is 0 Å². The average molecular weight is 884 g/mol. The lowest BCUT2D eigenvalue weighted by Gasteiger charge is -2.34. The van der Waals surface area contributed by atoms with Crippen LogP contribution in [0.2, 0.25) is 0 Å². The van der Waals surface area contributed by atoms with Gasteiger partial charge in [0.1, 0.15) is 0 Å². The predicted molar refractivity (Wildman–Crippen MR) is 283 cm³/mol. The zero-order valence-corrected chi connectivity index (χ0v) is 37.7. The van der Waals surface area contributed by atoms with E-state index in [1.165, 1.54) is 64.7 Å². The molecule has 68 heavy (non-hydrogen) atoms. The first-order valence-corrected chi connectivity index (χ1v) is 23.9. The van der Waals surface area contributed by atoms with Gasteiger partial charge in [-0.2, -0.15) is 0 Å². The highest BCUT2D eigenvalue weighted by atomic mass is 32.1. The fourth-order valence-corrected chi connectivity index (χ4v) is 11.5. The molecule has 0 N–H and O–H groups in total. The van der Waals surface area contributed by atoms with E-state index in [0.29, 0.717) is 17.5 Å². The summed E-state index contributed by atoms with van der Waals surface area (Å²) in [7, 11) is 0. The Morgan fingerprint density at radius 1 is 0.265 bits per heavy atom. The van der Waals surface area contributed by atoms with Crippen LogP contribution in [0.25, 0.3) is 98.8 Å². The summed E-state index contributed by atoms with van der Waals surface area (Å²) in [5.74, 6) is 1.88. The van der Waals surface area contributed by atoms with Crippen molar-refractivity contribution in [3.63, 3.8) is 0 Å². The molecule has 10 aromatic carbocycles. The number of benzene rings is 10. The van der Waals surface area contributed by atoms with Crippen LogP contribution in [0, 0.1) is 0 Å². The smallest absolute Gasteiger partial charge is 0.164 e. The first kappa shape index (κ1) is 39.8. The van der Waals surface area contributed by atoms with Crippen molar-refractivity contribution >= 4 is 31.5 Å². The van der Waals surface area contributed by atoms with E-state index < -0.39 is 5.41 Å². The Balaban J connectivity index is 0.955. The van der Waals surface area contributed by atoms with Crippen LogP contribution in [0.5, 0.6) is 0 Å².